The minimum atomic E-state index is -0.572. The highest BCUT2D eigenvalue weighted by atomic mass is 35.5. The highest BCUT2D eigenvalue weighted by Crippen LogP contribution is 2.22. The Labute approximate surface area is 189 Å². The molecule has 0 saturated heterocycles. The number of nitrogens with one attached hydrogen (secondary N) is 1. The van der Waals surface area contributed by atoms with Crippen LogP contribution in [0, 0.1) is 12.8 Å². The number of carbonyl (C=O) groups is 2. The van der Waals surface area contributed by atoms with Crippen molar-refractivity contribution in [3.8, 4) is 0 Å². The zero-order chi connectivity index (χ0) is 22.1. The largest absolute Gasteiger partial charge is 0.354 e. The fourth-order valence-electron chi connectivity index (χ4n) is 2.88. The lowest BCUT2D eigenvalue weighted by molar-refractivity contribution is -0.140. The summed E-state index contributed by atoms with van der Waals surface area (Å²) in [6.45, 7) is 8.80. The summed E-state index contributed by atoms with van der Waals surface area (Å²) in [5.41, 5.74) is 2.05. The van der Waals surface area contributed by atoms with Crippen molar-refractivity contribution in [2.24, 2.45) is 5.92 Å². The predicted octanol–water partition coefficient (Wildman–Crippen LogP) is 5.32. The maximum atomic E-state index is 13.1. The third-order valence-electron chi connectivity index (χ3n) is 4.76. The Bertz CT molecular complexity index is 839. The van der Waals surface area contributed by atoms with Gasteiger partial charge in [-0.15, -0.1) is 11.8 Å². The van der Waals surface area contributed by atoms with E-state index >= 15 is 0 Å². The number of carbonyl (C=O) groups excluding carboxylic acids is 2. The van der Waals surface area contributed by atoms with E-state index < -0.39 is 6.04 Å². The Morgan fingerprint density at radius 3 is 2.37 bits per heavy atom. The van der Waals surface area contributed by atoms with Crippen molar-refractivity contribution in [1.29, 1.82) is 0 Å². The highest BCUT2D eigenvalue weighted by molar-refractivity contribution is 7.99. The van der Waals surface area contributed by atoms with Gasteiger partial charge in [-0.1, -0.05) is 61.3 Å². The number of hydrogen-bond acceptors (Lipinski definition) is 3. The zero-order valence-corrected chi connectivity index (χ0v) is 19.7. The van der Waals surface area contributed by atoms with Crippen LogP contribution < -0.4 is 5.32 Å². The van der Waals surface area contributed by atoms with Gasteiger partial charge in [0.2, 0.25) is 11.8 Å². The van der Waals surface area contributed by atoms with Gasteiger partial charge in [-0.2, -0.15) is 0 Å². The molecular weight excluding hydrogens is 416 g/mol. The molecule has 0 bridgehead atoms. The molecular formula is C24H31ClN2O2S. The summed E-state index contributed by atoms with van der Waals surface area (Å²) in [4.78, 5) is 28.5. The molecule has 0 aliphatic heterocycles. The molecule has 2 aromatic carbocycles. The second kappa shape index (κ2) is 12.0. The van der Waals surface area contributed by atoms with Gasteiger partial charge in [-0.05, 0) is 43.5 Å². The Morgan fingerprint density at radius 2 is 1.73 bits per heavy atom. The average Bonchev–Trinajstić information content (AvgIpc) is 2.72. The van der Waals surface area contributed by atoms with Crippen molar-refractivity contribution in [3.05, 3.63) is 64.7 Å². The molecule has 2 amide bonds. The molecule has 30 heavy (non-hydrogen) atoms. The van der Waals surface area contributed by atoms with E-state index in [0.29, 0.717) is 36.2 Å². The van der Waals surface area contributed by atoms with Crippen molar-refractivity contribution in [3.63, 3.8) is 0 Å². The monoisotopic (exact) mass is 446 g/mol. The molecule has 6 heteroatoms. The van der Waals surface area contributed by atoms with Crippen molar-refractivity contribution in [2.45, 2.75) is 51.6 Å². The molecule has 0 unspecified atom stereocenters. The molecule has 0 heterocycles. The number of halogens is 1. The van der Waals surface area contributed by atoms with Crippen LogP contribution in [0.5, 0.6) is 0 Å². The van der Waals surface area contributed by atoms with Crippen LogP contribution in [0.15, 0.2) is 53.4 Å². The van der Waals surface area contributed by atoms with Crippen LogP contribution >= 0.6 is 23.4 Å². The second-order valence-corrected chi connectivity index (χ2v) is 9.42. The van der Waals surface area contributed by atoms with Crippen LogP contribution in [0.4, 0.5) is 0 Å². The predicted molar refractivity (Wildman–Crippen MR) is 126 cm³/mol. The van der Waals surface area contributed by atoms with Crippen LogP contribution in [-0.2, 0) is 16.1 Å². The van der Waals surface area contributed by atoms with Gasteiger partial charge < -0.3 is 10.2 Å². The highest BCUT2D eigenvalue weighted by Gasteiger charge is 2.26. The smallest absolute Gasteiger partial charge is 0.242 e. The molecule has 2 rings (SSSR count). The third-order valence-corrected chi connectivity index (χ3v) is 6.14. The normalized spacial score (nSPS) is 11.9. The van der Waals surface area contributed by atoms with Crippen molar-refractivity contribution < 1.29 is 9.59 Å². The number of hydrogen-bond donors (Lipinski definition) is 1. The van der Waals surface area contributed by atoms with E-state index in [1.807, 2.05) is 32.0 Å². The maximum absolute atomic E-state index is 13.1. The van der Waals surface area contributed by atoms with Crippen LogP contribution in [0.25, 0.3) is 0 Å². The van der Waals surface area contributed by atoms with Gasteiger partial charge in [-0.25, -0.2) is 0 Å². The van der Waals surface area contributed by atoms with Crippen molar-refractivity contribution in [2.75, 3.05) is 12.3 Å². The molecule has 1 N–H and O–H groups in total. The van der Waals surface area contributed by atoms with Gasteiger partial charge in [0.05, 0.1) is 0 Å². The van der Waals surface area contributed by atoms with Crippen LogP contribution in [-0.4, -0.2) is 35.1 Å². The maximum Gasteiger partial charge on any atom is 0.242 e. The Balaban J connectivity index is 2.06. The van der Waals surface area contributed by atoms with Gasteiger partial charge in [0, 0.05) is 35.2 Å². The van der Waals surface area contributed by atoms with Gasteiger partial charge >= 0.3 is 0 Å². The Morgan fingerprint density at radius 1 is 1.07 bits per heavy atom. The van der Waals surface area contributed by atoms with E-state index in [1.165, 1.54) is 5.56 Å². The molecule has 0 aliphatic rings. The number of nitrogens with zero attached hydrogens (tertiary/aromatic N) is 1. The van der Waals surface area contributed by atoms with E-state index in [9.17, 15) is 9.59 Å². The summed E-state index contributed by atoms with van der Waals surface area (Å²) >= 11 is 7.96. The first-order chi connectivity index (χ1) is 14.3. The zero-order valence-electron chi connectivity index (χ0n) is 18.2. The number of aryl methyl sites for hydroxylation is 1. The first-order valence-electron chi connectivity index (χ1n) is 10.3. The topological polar surface area (TPSA) is 49.4 Å². The minimum Gasteiger partial charge on any atom is -0.354 e. The Hall–Kier alpha value is -1.98. The van der Waals surface area contributed by atoms with E-state index in [4.69, 9.17) is 11.6 Å². The quantitative estimate of drug-likeness (QED) is 0.502. The molecule has 2 aromatic rings. The van der Waals surface area contributed by atoms with Gasteiger partial charge in [0.1, 0.15) is 6.04 Å². The lowest BCUT2D eigenvalue weighted by Crippen LogP contribution is -2.48. The standard InChI is InChI=1S/C24H31ClN2O2S/c1-17(2)15-26-24(29)19(4)27(16-20-7-5-6-8-22(20)25)23(28)13-14-30-21-11-9-18(3)10-12-21/h5-12,17,19H,13-16H2,1-4H3,(H,26,29)/t19-/m0/s1. The summed E-state index contributed by atoms with van der Waals surface area (Å²) in [5, 5.41) is 3.53. The molecule has 0 saturated carbocycles. The van der Waals surface area contributed by atoms with E-state index in [2.05, 4.69) is 36.5 Å². The first-order valence-corrected chi connectivity index (χ1v) is 11.6. The van der Waals surface area contributed by atoms with Crippen LogP contribution in [0.2, 0.25) is 5.02 Å². The van der Waals surface area contributed by atoms with Crippen LogP contribution in [0.3, 0.4) is 0 Å². The Kier molecular flexibility index (Phi) is 9.73. The molecule has 0 fully saturated rings. The van der Waals surface area contributed by atoms with E-state index in [-0.39, 0.29) is 11.8 Å². The summed E-state index contributed by atoms with van der Waals surface area (Å²) in [6.07, 6.45) is 0.352. The molecule has 0 radical (unpaired) electrons. The second-order valence-electron chi connectivity index (χ2n) is 7.84. The van der Waals surface area contributed by atoms with Gasteiger partial charge in [0.25, 0.3) is 0 Å². The lowest BCUT2D eigenvalue weighted by Gasteiger charge is -2.29. The summed E-state index contributed by atoms with van der Waals surface area (Å²) < 4.78 is 0. The van der Waals surface area contributed by atoms with Crippen molar-refractivity contribution >= 4 is 35.2 Å². The van der Waals surface area contributed by atoms with Crippen molar-refractivity contribution in [1.82, 2.24) is 10.2 Å². The fourth-order valence-corrected chi connectivity index (χ4v) is 3.92. The average molecular weight is 447 g/mol. The molecule has 4 nitrogen and oxygen atoms in total. The SMILES string of the molecule is Cc1ccc(SCCC(=O)N(Cc2ccccc2Cl)[C@@H](C)C(=O)NCC(C)C)cc1. The molecule has 0 aliphatic carbocycles. The summed E-state index contributed by atoms with van der Waals surface area (Å²) in [5.74, 6) is 0.804. The number of thioether (sulfide) groups is 1. The summed E-state index contributed by atoms with van der Waals surface area (Å²) in [6, 6.07) is 15.1. The molecule has 0 aromatic heterocycles. The number of benzene rings is 2. The minimum absolute atomic E-state index is 0.0540. The number of rotatable bonds is 10. The van der Waals surface area contributed by atoms with Crippen LogP contribution in [0.1, 0.15) is 38.3 Å². The number of amides is 2. The van der Waals surface area contributed by atoms with E-state index in [0.717, 1.165) is 10.5 Å². The summed E-state index contributed by atoms with van der Waals surface area (Å²) in [7, 11) is 0. The molecule has 162 valence electrons. The fraction of sp³-hybridized carbons (Fsp3) is 0.417. The molecule has 1 atom stereocenters. The van der Waals surface area contributed by atoms with Gasteiger partial charge in [0.15, 0.2) is 0 Å². The van der Waals surface area contributed by atoms with Gasteiger partial charge in [-0.3, -0.25) is 9.59 Å². The molecule has 0 spiro atoms. The first kappa shape index (κ1) is 24.3. The van der Waals surface area contributed by atoms with E-state index in [1.54, 1.807) is 29.7 Å². The third kappa shape index (κ3) is 7.69. The lowest BCUT2D eigenvalue weighted by atomic mass is 10.1.